The fourth-order valence-corrected chi connectivity index (χ4v) is 2.08. The van der Waals surface area contributed by atoms with Crippen LogP contribution in [-0.2, 0) is 0 Å². The lowest BCUT2D eigenvalue weighted by Crippen LogP contribution is -2.34. The molecule has 1 aliphatic heterocycles. The van der Waals surface area contributed by atoms with E-state index < -0.39 is 5.82 Å². The third-order valence-electron chi connectivity index (χ3n) is 3.34. The molecule has 2 N–H and O–H groups in total. The molecule has 1 fully saturated rings. The van der Waals surface area contributed by atoms with Crippen molar-refractivity contribution in [2.45, 2.75) is 13.3 Å². The van der Waals surface area contributed by atoms with Crippen LogP contribution in [0.15, 0.2) is 18.5 Å². The first kappa shape index (κ1) is 12.0. The highest BCUT2D eigenvalue weighted by Crippen LogP contribution is 2.29. The summed E-state index contributed by atoms with van der Waals surface area (Å²) in [7, 11) is 0. The lowest BCUT2D eigenvalue weighted by atomic mass is 9.90. The van der Waals surface area contributed by atoms with Gasteiger partial charge in [-0.2, -0.15) is 0 Å². The Morgan fingerprint density at radius 1 is 1.71 bits per heavy atom. The zero-order valence-corrected chi connectivity index (χ0v) is 9.82. The van der Waals surface area contributed by atoms with E-state index in [1.54, 1.807) is 4.90 Å². The molecule has 1 aromatic rings. The van der Waals surface area contributed by atoms with Crippen molar-refractivity contribution < 1.29 is 9.18 Å². The molecule has 0 spiro atoms. The number of carbonyl (C=O) groups is 1. The number of likely N-dealkylation sites (tertiary alicyclic amines) is 1. The third kappa shape index (κ3) is 2.29. The molecular weight excluding hydrogens is 221 g/mol. The van der Waals surface area contributed by atoms with Crippen LogP contribution in [0, 0.1) is 11.2 Å². The molecule has 1 unspecified atom stereocenters. The van der Waals surface area contributed by atoms with Gasteiger partial charge in [0.25, 0.3) is 5.91 Å². The van der Waals surface area contributed by atoms with Crippen molar-refractivity contribution in [1.82, 2.24) is 9.88 Å². The number of hydrogen-bond acceptors (Lipinski definition) is 3. The van der Waals surface area contributed by atoms with Crippen LogP contribution in [0.5, 0.6) is 0 Å². The number of pyridine rings is 1. The van der Waals surface area contributed by atoms with Gasteiger partial charge in [0.15, 0.2) is 5.82 Å². The average Bonchev–Trinajstić information content (AvgIpc) is 2.73. The zero-order chi connectivity index (χ0) is 12.5. The molecule has 2 heterocycles. The quantitative estimate of drug-likeness (QED) is 0.835. The second kappa shape index (κ2) is 4.41. The molecule has 0 aromatic carbocycles. The maximum atomic E-state index is 13.4. The van der Waals surface area contributed by atoms with E-state index >= 15 is 0 Å². The maximum absolute atomic E-state index is 13.4. The van der Waals surface area contributed by atoms with Crippen LogP contribution in [0.1, 0.15) is 23.7 Å². The number of halogens is 1. The van der Waals surface area contributed by atoms with Gasteiger partial charge in [-0.1, -0.05) is 6.92 Å². The van der Waals surface area contributed by atoms with Crippen molar-refractivity contribution in [3.8, 4) is 0 Å². The molecule has 1 amide bonds. The summed E-state index contributed by atoms with van der Waals surface area (Å²) in [6.07, 6.45) is 3.35. The molecule has 17 heavy (non-hydrogen) atoms. The van der Waals surface area contributed by atoms with Crippen molar-refractivity contribution >= 4 is 5.91 Å². The lowest BCUT2D eigenvalue weighted by Gasteiger charge is -2.22. The number of hydrogen-bond donors (Lipinski definition) is 1. The summed E-state index contributed by atoms with van der Waals surface area (Å²) in [5.41, 5.74) is 5.72. The molecule has 4 nitrogen and oxygen atoms in total. The number of aromatic nitrogens is 1. The van der Waals surface area contributed by atoms with Crippen molar-refractivity contribution in [3.63, 3.8) is 0 Å². The van der Waals surface area contributed by atoms with Gasteiger partial charge in [0.1, 0.15) is 0 Å². The number of amides is 1. The first-order valence-corrected chi connectivity index (χ1v) is 5.65. The Morgan fingerprint density at radius 2 is 2.47 bits per heavy atom. The first-order valence-electron chi connectivity index (χ1n) is 5.65. The summed E-state index contributed by atoms with van der Waals surface area (Å²) < 4.78 is 13.4. The van der Waals surface area contributed by atoms with Gasteiger partial charge in [-0.25, -0.2) is 4.39 Å². The Kier molecular flexibility index (Phi) is 3.11. The Morgan fingerprint density at radius 3 is 3.06 bits per heavy atom. The standard InChI is InChI=1S/C12H16FN3O/c1-12(7-14)3-5-16(8-12)11(17)9-2-4-15-6-10(9)13/h2,4,6H,3,5,7-8,14H2,1H3. The molecule has 1 atom stereocenters. The number of rotatable bonds is 2. The minimum absolute atomic E-state index is 0.0425. The molecule has 0 saturated carbocycles. The van der Waals surface area contributed by atoms with Crippen LogP contribution in [0.2, 0.25) is 0 Å². The average molecular weight is 237 g/mol. The second-order valence-electron chi connectivity index (χ2n) is 4.85. The van der Waals surface area contributed by atoms with Crippen LogP contribution >= 0.6 is 0 Å². The topological polar surface area (TPSA) is 59.2 Å². The largest absolute Gasteiger partial charge is 0.338 e. The summed E-state index contributed by atoms with van der Waals surface area (Å²) in [6, 6.07) is 1.41. The van der Waals surface area contributed by atoms with Crippen LogP contribution < -0.4 is 5.73 Å². The van der Waals surface area contributed by atoms with Gasteiger partial charge in [-0.3, -0.25) is 9.78 Å². The summed E-state index contributed by atoms with van der Waals surface area (Å²) in [4.78, 5) is 17.4. The fraction of sp³-hybridized carbons (Fsp3) is 0.500. The van der Waals surface area contributed by atoms with Gasteiger partial charge in [-0.05, 0) is 24.4 Å². The van der Waals surface area contributed by atoms with Gasteiger partial charge in [0.05, 0.1) is 11.8 Å². The van der Waals surface area contributed by atoms with E-state index in [0.29, 0.717) is 19.6 Å². The van der Waals surface area contributed by atoms with E-state index in [4.69, 9.17) is 5.73 Å². The van der Waals surface area contributed by atoms with Gasteiger partial charge in [0, 0.05) is 19.3 Å². The van der Waals surface area contributed by atoms with Crippen molar-refractivity contribution in [2.75, 3.05) is 19.6 Å². The Hall–Kier alpha value is -1.49. The molecule has 1 aliphatic rings. The van der Waals surface area contributed by atoms with Gasteiger partial charge in [0.2, 0.25) is 0 Å². The number of nitrogens with zero attached hydrogens (tertiary/aromatic N) is 2. The van der Waals surface area contributed by atoms with E-state index in [9.17, 15) is 9.18 Å². The number of carbonyl (C=O) groups excluding carboxylic acids is 1. The van der Waals surface area contributed by atoms with E-state index in [0.717, 1.165) is 12.6 Å². The van der Waals surface area contributed by atoms with E-state index in [-0.39, 0.29) is 16.9 Å². The van der Waals surface area contributed by atoms with Gasteiger partial charge >= 0.3 is 0 Å². The van der Waals surface area contributed by atoms with Crippen molar-refractivity contribution in [2.24, 2.45) is 11.1 Å². The van der Waals surface area contributed by atoms with Crippen LogP contribution in [0.25, 0.3) is 0 Å². The zero-order valence-electron chi connectivity index (χ0n) is 9.82. The van der Waals surface area contributed by atoms with E-state index in [1.165, 1.54) is 12.3 Å². The van der Waals surface area contributed by atoms with Gasteiger partial charge in [-0.15, -0.1) is 0 Å². The molecule has 0 aliphatic carbocycles. The second-order valence-corrected chi connectivity index (χ2v) is 4.85. The van der Waals surface area contributed by atoms with Gasteiger partial charge < -0.3 is 10.6 Å². The predicted molar refractivity (Wildman–Crippen MR) is 61.9 cm³/mol. The molecular formula is C12H16FN3O. The predicted octanol–water partition coefficient (Wildman–Crippen LogP) is 1.03. The molecule has 2 rings (SSSR count). The SMILES string of the molecule is CC1(CN)CCN(C(=O)c2ccncc2F)C1. The molecule has 5 heteroatoms. The van der Waals surface area contributed by atoms with Crippen molar-refractivity contribution in [3.05, 3.63) is 29.8 Å². The Labute approximate surface area is 99.6 Å². The molecule has 0 bridgehead atoms. The monoisotopic (exact) mass is 237 g/mol. The highest BCUT2D eigenvalue weighted by molar-refractivity contribution is 5.94. The third-order valence-corrected chi connectivity index (χ3v) is 3.34. The Bertz CT molecular complexity index is 438. The van der Waals surface area contributed by atoms with Crippen LogP contribution in [-0.4, -0.2) is 35.4 Å². The van der Waals surface area contributed by atoms with Crippen molar-refractivity contribution in [1.29, 1.82) is 0 Å². The molecule has 1 saturated heterocycles. The summed E-state index contributed by atoms with van der Waals surface area (Å²) in [5.74, 6) is -0.846. The smallest absolute Gasteiger partial charge is 0.256 e. The van der Waals surface area contributed by atoms with E-state index in [1.807, 2.05) is 6.92 Å². The minimum Gasteiger partial charge on any atom is -0.338 e. The minimum atomic E-state index is -0.571. The lowest BCUT2D eigenvalue weighted by molar-refractivity contribution is 0.0772. The molecule has 0 radical (unpaired) electrons. The number of nitrogens with two attached hydrogens (primary N) is 1. The maximum Gasteiger partial charge on any atom is 0.256 e. The van der Waals surface area contributed by atoms with Crippen LogP contribution in [0.4, 0.5) is 4.39 Å². The highest BCUT2D eigenvalue weighted by atomic mass is 19.1. The summed E-state index contributed by atoms with van der Waals surface area (Å²) >= 11 is 0. The highest BCUT2D eigenvalue weighted by Gasteiger charge is 2.35. The van der Waals surface area contributed by atoms with Crippen LogP contribution in [0.3, 0.4) is 0 Å². The Balaban J connectivity index is 2.15. The summed E-state index contributed by atoms with van der Waals surface area (Å²) in [6.45, 7) is 3.80. The normalized spacial score (nSPS) is 24.1. The molecule has 1 aromatic heterocycles. The first-order chi connectivity index (χ1) is 8.06. The van der Waals surface area contributed by atoms with E-state index in [2.05, 4.69) is 4.98 Å². The molecule has 92 valence electrons. The fourth-order valence-electron chi connectivity index (χ4n) is 2.08. The summed E-state index contributed by atoms with van der Waals surface area (Å²) in [5, 5.41) is 0.